The van der Waals surface area contributed by atoms with Crippen LogP contribution in [0.4, 0.5) is 5.69 Å². The largest absolute Gasteiger partial charge is 0.399 e. The minimum absolute atomic E-state index is 0.0708. The van der Waals surface area contributed by atoms with Crippen molar-refractivity contribution < 1.29 is 4.79 Å². The molecule has 3 rings (SSSR count). The van der Waals surface area contributed by atoms with Crippen LogP contribution in [0.1, 0.15) is 27.9 Å². The van der Waals surface area contributed by atoms with Crippen LogP contribution in [0.2, 0.25) is 0 Å². The molecule has 0 heterocycles. The van der Waals surface area contributed by atoms with Crippen LogP contribution in [0.3, 0.4) is 0 Å². The molecule has 108 valence electrons. The lowest BCUT2D eigenvalue weighted by atomic mass is 9.88. The molecule has 1 atom stereocenters. The fraction of sp³-hybridized carbons (Fsp3) is 0.235. The Morgan fingerprint density at radius 1 is 1.19 bits per heavy atom. The van der Waals surface area contributed by atoms with Crippen molar-refractivity contribution in [3.63, 3.8) is 0 Å². The number of nitrogen functional groups attached to an aromatic ring is 1. The van der Waals surface area contributed by atoms with Gasteiger partial charge in [-0.2, -0.15) is 0 Å². The molecule has 0 bridgehead atoms. The van der Waals surface area contributed by atoms with Crippen LogP contribution >= 0.6 is 15.9 Å². The molecule has 21 heavy (non-hydrogen) atoms. The highest BCUT2D eigenvalue weighted by molar-refractivity contribution is 9.10. The zero-order chi connectivity index (χ0) is 14.8. The zero-order valence-corrected chi connectivity index (χ0v) is 13.2. The molecule has 0 saturated carbocycles. The number of anilines is 1. The van der Waals surface area contributed by atoms with Gasteiger partial charge < -0.3 is 11.1 Å². The molecule has 3 N–H and O–H groups in total. The average Bonchev–Trinajstić information content (AvgIpc) is 2.49. The van der Waals surface area contributed by atoms with Gasteiger partial charge >= 0.3 is 0 Å². The maximum Gasteiger partial charge on any atom is 0.252 e. The Labute approximate surface area is 132 Å². The van der Waals surface area contributed by atoms with E-state index in [1.54, 1.807) is 18.2 Å². The molecule has 0 aliphatic heterocycles. The van der Waals surface area contributed by atoms with E-state index in [1.165, 1.54) is 11.1 Å². The summed E-state index contributed by atoms with van der Waals surface area (Å²) in [6.07, 6.45) is 2.88. The molecule has 4 heteroatoms. The van der Waals surface area contributed by atoms with Crippen molar-refractivity contribution in [3.8, 4) is 0 Å². The van der Waals surface area contributed by atoms with Crippen LogP contribution in [-0.4, -0.2) is 11.9 Å². The number of carbonyl (C=O) groups is 1. The first-order chi connectivity index (χ1) is 10.1. The summed E-state index contributed by atoms with van der Waals surface area (Å²) in [5.41, 5.74) is 9.68. The summed E-state index contributed by atoms with van der Waals surface area (Å²) in [5.74, 6) is -0.0708. The smallest absolute Gasteiger partial charge is 0.252 e. The van der Waals surface area contributed by atoms with Crippen LogP contribution < -0.4 is 11.1 Å². The summed E-state index contributed by atoms with van der Waals surface area (Å²) >= 11 is 3.41. The Bertz CT molecular complexity index is 684. The maximum atomic E-state index is 12.4. The highest BCUT2D eigenvalue weighted by atomic mass is 79.9. The zero-order valence-electron chi connectivity index (χ0n) is 11.6. The van der Waals surface area contributed by atoms with Gasteiger partial charge in [-0.1, -0.05) is 24.3 Å². The number of carbonyl (C=O) groups excluding carboxylic acids is 1. The van der Waals surface area contributed by atoms with E-state index in [-0.39, 0.29) is 11.9 Å². The third kappa shape index (κ3) is 3.10. The van der Waals surface area contributed by atoms with Gasteiger partial charge in [0.2, 0.25) is 0 Å². The van der Waals surface area contributed by atoms with E-state index in [9.17, 15) is 4.79 Å². The first kappa shape index (κ1) is 14.1. The van der Waals surface area contributed by atoms with Gasteiger partial charge in [0.25, 0.3) is 5.91 Å². The van der Waals surface area contributed by atoms with E-state index in [0.717, 1.165) is 23.7 Å². The lowest BCUT2D eigenvalue weighted by molar-refractivity contribution is 0.0933. The summed E-state index contributed by atoms with van der Waals surface area (Å²) in [7, 11) is 0. The standard InChI is InChI=1S/C17H17BrN2O/c18-16-8-6-13(19)10-15(16)17(21)20-14-7-5-11-3-1-2-4-12(11)9-14/h1-4,6,8,10,14H,5,7,9,19H2,(H,20,21). The summed E-state index contributed by atoms with van der Waals surface area (Å²) < 4.78 is 0.769. The molecule has 1 aliphatic carbocycles. The second-order valence-electron chi connectivity index (χ2n) is 5.42. The quantitative estimate of drug-likeness (QED) is 0.821. The monoisotopic (exact) mass is 344 g/mol. The molecule has 2 aromatic rings. The van der Waals surface area contributed by atoms with Crippen molar-refractivity contribution in [1.29, 1.82) is 0 Å². The molecule has 1 aliphatic rings. The molecular weight excluding hydrogens is 328 g/mol. The maximum absolute atomic E-state index is 12.4. The molecule has 1 amide bonds. The lowest BCUT2D eigenvalue weighted by Gasteiger charge is -2.25. The van der Waals surface area contributed by atoms with Gasteiger partial charge in [0, 0.05) is 16.2 Å². The normalized spacial score (nSPS) is 17.1. The Hall–Kier alpha value is -1.81. The van der Waals surface area contributed by atoms with Crippen LogP contribution in [0.25, 0.3) is 0 Å². The van der Waals surface area contributed by atoms with E-state index in [2.05, 4.69) is 45.5 Å². The number of hydrogen-bond acceptors (Lipinski definition) is 2. The van der Waals surface area contributed by atoms with Crippen molar-refractivity contribution in [2.45, 2.75) is 25.3 Å². The van der Waals surface area contributed by atoms with E-state index in [1.807, 2.05) is 0 Å². The second-order valence-corrected chi connectivity index (χ2v) is 6.28. The number of amides is 1. The summed E-state index contributed by atoms with van der Waals surface area (Å²) in [4.78, 5) is 12.4. The third-order valence-electron chi connectivity index (χ3n) is 3.92. The SMILES string of the molecule is Nc1ccc(Br)c(C(=O)NC2CCc3ccccc3C2)c1. The van der Waals surface area contributed by atoms with E-state index in [4.69, 9.17) is 5.73 Å². The molecule has 0 aromatic heterocycles. The van der Waals surface area contributed by atoms with Gasteiger partial charge in [-0.15, -0.1) is 0 Å². The molecule has 2 aromatic carbocycles. The highest BCUT2D eigenvalue weighted by Gasteiger charge is 2.21. The molecule has 0 spiro atoms. The fourth-order valence-electron chi connectivity index (χ4n) is 2.80. The topological polar surface area (TPSA) is 55.1 Å². The van der Waals surface area contributed by atoms with Gasteiger partial charge in [-0.05, 0) is 64.5 Å². The van der Waals surface area contributed by atoms with Crippen LogP contribution in [-0.2, 0) is 12.8 Å². The molecule has 3 nitrogen and oxygen atoms in total. The average molecular weight is 345 g/mol. The Morgan fingerprint density at radius 3 is 2.76 bits per heavy atom. The van der Waals surface area contributed by atoms with Crippen molar-refractivity contribution in [2.75, 3.05) is 5.73 Å². The summed E-state index contributed by atoms with van der Waals surface area (Å²) in [5, 5.41) is 3.12. The van der Waals surface area contributed by atoms with Crippen molar-refractivity contribution in [3.05, 3.63) is 63.6 Å². The highest BCUT2D eigenvalue weighted by Crippen LogP contribution is 2.23. The molecular formula is C17H17BrN2O. The van der Waals surface area contributed by atoms with Crippen LogP contribution in [0, 0.1) is 0 Å². The first-order valence-corrected chi connectivity index (χ1v) is 7.85. The third-order valence-corrected chi connectivity index (χ3v) is 4.61. The van der Waals surface area contributed by atoms with Crippen molar-refractivity contribution in [2.24, 2.45) is 0 Å². The van der Waals surface area contributed by atoms with E-state index >= 15 is 0 Å². The number of nitrogens with two attached hydrogens (primary N) is 1. The number of rotatable bonds is 2. The van der Waals surface area contributed by atoms with Gasteiger partial charge in [-0.3, -0.25) is 4.79 Å². The summed E-state index contributed by atoms with van der Waals surface area (Å²) in [6.45, 7) is 0. The number of benzene rings is 2. The van der Waals surface area contributed by atoms with E-state index in [0.29, 0.717) is 11.3 Å². The van der Waals surface area contributed by atoms with Gasteiger partial charge in [0.1, 0.15) is 0 Å². The number of nitrogens with one attached hydrogen (secondary N) is 1. The van der Waals surface area contributed by atoms with Gasteiger partial charge in [0.15, 0.2) is 0 Å². The number of aryl methyl sites for hydroxylation is 1. The van der Waals surface area contributed by atoms with E-state index < -0.39 is 0 Å². The van der Waals surface area contributed by atoms with Gasteiger partial charge in [-0.25, -0.2) is 0 Å². The number of hydrogen-bond donors (Lipinski definition) is 2. The Morgan fingerprint density at radius 2 is 1.95 bits per heavy atom. The Balaban J connectivity index is 1.73. The predicted octanol–water partition coefficient (Wildman–Crippen LogP) is 3.32. The number of halogens is 1. The molecule has 1 unspecified atom stereocenters. The number of fused-ring (bicyclic) bond motifs is 1. The fourth-order valence-corrected chi connectivity index (χ4v) is 3.23. The second kappa shape index (κ2) is 5.90. The summed E-state index contributed by atoms with van der Waals surface area (Å²) in [6, 6.07) is 13.9. The van der Waals surface area contributed by atoms with Crippen molar-refractivity contribution >= 4 is 27.5 Å². The minimum Gasteiger partial charge on any atom is -0.399 e. The predicted molar refractivity (Wildman–Crippen MR) is 88.3 cm³/mol. The first-order valence-electron chi connectivity index (χ1n) is 7.06. The molecule has 0 saturated heterocycles. The van der Waals surface area contributed by atoms with Crippen molar-refractivity contribution in [1.82, 2.24) is 5.32 Å². The lowest BCUT2D eigenvalue weighted by Crippen LogP contribution is -2.39. The van der Waals surface area contributed by atoms with Crippen LogP contribution in [0.15, 0.2) is 46.9 Å². The Kier molecular flexibility index (Phi) is 3.97. The van der Waals surface area contributed by atoms with Crippen LogP contribution in [0.5, 0.6) is 0 Å². The molecule has 0 fully saturated rings. The van der Waals surface area contributed by atoms with Gasteiger partial charge in [0.05, 0.1) is 5.56 Å². The molecule has 0 radical (unpaired) electrons. The minimum atomic E-state index is -0.0708.